The fraction of sp³-hybridized carbons (Fsp3) is 0.429. The van der Waals surface area contributed by atoms with Gasteiger partial charge in [0.05, 0.1) is 11.6 Å². The van der Waals surface area contributed by atoms with E-state index >= 15 is 0 Å². The Kier molecular flexibility index (Phi) is 5.68. The Morgan fingerprint density at radius 2 is 2.31 bits per heavy atom. The van der Waals surface area contributed by atoms with Gasteiger partial charge in [0.2, 0.25) is 5.71 Å². The van der Waals surface area contributed by atoms with Gasteiger partial charge in [0.15, 0.2) is 5.76 Å². The first kappa shape index (κ1) is 18.9. The number of aliphatic carboxylic acids is 1. The van der Waals surface area contributed by atoms with Crippen LogP contribution in [0, 0.1) is 0 Å². The maximum atomic E-state index is 12.5. The number of hydrogen-bond acceptors (Lipinski definition) is 8. The molecule has 0 aromatic heterocycles. The van der Waals surface area contributed by atoms with Crippen LogP contribution in [0.1, 0.15) is 0 Å². The molecule has 2 amide bonds. The van der Waals surface area contributed by atoms with E-state index in [-0.39, 0.29) is 28.0 Å². The first-order valence-corrected chi connectivity index (χ1v) is 9.86. The van der Waals surface area contributed by atoms with Gasteiger partial charge in [-0.1, -0.05) is 16.8 Å². The second-order valence-electron chi connectivity index (χ2n) is 5.24. The molecule has 2 N–H and O–H groups in total. The lowest BCUT2D eigenvalue weighted by Gasteiger charge is -2.48. The monoisotopic (exact) mass is 419 g/mol. The number of hydrogen-bond donors (Lipinski definition) is 2. The standard InChI is InChI=1S/C14H14ClN3O6S2/c1-23-17-8(7-5-25-3-2-24-7)11(19)16-9-12(20)18-10(14(21)22)6(15)4-26-13(9)18/h5,9,13H,2-4H2,1H3,(H,16,19)(H,21,22)/t9?,13-/m1/s1. The molecule has 3 rings (SSSR count). The fourth-order valence-electron chi connectivity index (χ4n) is 2.57. The number of nitrogens with one attached hydrogen (secondary N) is 1. The average molecular weight is 420 g/mol. The van der Waals surface area contributed by atoms with Crippen LogP contribution in [-0.4, -0.2) is 70.1 Å². The van der Waals surface area contributed by atoms with Crippen LogP contribution in [0.2, 0.25) is 0 Å². The minimum Gasteiger partial charge on any atom is -0.490 e. The summed E-state index contributed by atoms with van der Waals surface area (Å²) in [4.78, 5) is 42.0. The Morgan fingerprint density at radius 1 is 1.54 bits per heavy atom. The van der Waals surface area contributed by atoms with Crippen LogP contribution in [0.15, 0.2) is 27.1 Å². The lowest BCUT2D eigenvalue weighted by molar-refractivity contribution is -0.150. The molecule has 1 unspecified atom stereocenters. The van der Waals surface area contributed by atoms with Gasteiger partial charge >= 0.3 is 5.97 Å². The van der Waals surface area contributed by atoms with Gasteiger partial charge < -0.3 is 20.0 Å². The van der Waals surface area contributed by atoms with Crippen LogP contribution in [-0.2, 0) is 24.0 Å². The van der Waals surface area contributed by atoms with Crippen molar-refractivity contribution in [2.24, 2.45) is 5.16 Å². The van der Waals surface area contributed by atoms with Crippen molar-refractivity contribution in [2.45, 2.75) is 11.4 Å². The maximum absolute atomic E-state index is 12.5. The molecule has 1 saturated heterocycles. The quantitative estimate of drug-likeness (QED) is 0.376. The van der Waals surface area contributed by atoms with E-state index in [0.29, 0.717) is 6.61 Å². The summed E-state index contributed by atoms with van der Waals surface area (Å²) in [5.41, 5.74) is -0.329. The van der Waals surface area contributed by atoms with Crippen molar-refractivity contribution in [1.29, 1.82) is 0 Å². The van der Waals surface area contributed by atoms with Crippen molar-refractivity contribution in [3.8, 4) is 0 Å². The summed E-state index contributed by atoms with van der Waals surface area (Å²) in [6, 6.07) is -0.884. The SMILES string of the molecule is CON=C(C(=O)NC1C(=O)N2C(C(=O)O)=C(Cl)CS[C@H]12)C1=CSCCO1. The first-order chi connectivity index (χ1) is 12.5. The Bertz CT molecular complexity index is 753. The van der Waals surface area contributed by atoms with Crippen LogP contribution in [0.5, 0.6) is 0 Å². The molecule has 0 aliphatic carbocycles. The Balaban J connectivity index is 1.75. The zero-order chi connectivity index (χ0) is 18.8. The van der Waals surface area contributed by atoms with Gasteiger partial charge in [-0.05, 0) is 0 Å². The number of carbonyl (C=O) groups excluding carboxylic acids is 2. The van der Waals surface area contributed by atoms with Crippen molar-refractivity contribution >= 4 is 58.6 Å². The third kappa shape index (κ3) is 3.38. The van der Waals surface area contributed by atoms with Gasteiger partial charge in [0, 0.05) is 16.9 Å². The van der Waals surface area contributed by atoms with E-state index in [1.165, 1.54) is 30.6 Å². The van der Waals surface area contributed by atoms with Crippen molar-refractivity contribution in [2.75, 3.05) is 25.2 Å². The summed E-state index contributed by atoms with van der Waals surface area (Å²) in [6.45, 7) is 0.423. The number of halogens is 1. The number of ether oxygens (including phenoxy) is 1. The molecule has 26 heavy (non-hydrogen) atoms. The van der Waals surface area contributed by atoms with Gasteiger partial charge in [-0.15, -0.1) is 23.5 Å². The van der Waals surface area contributed by atoms with E-state index in [0.717, 1.165) is 10.7 Å². The van der Waals surface area contributed by atoms with E-state index in [9.17, 15) is 19.5 Å². The molecule has 0 saturated carbocycles. The summed E-state index contributed by atoms with van der Waals surface area (Å²) < 4.78 is 5.41. The van der Waals surface area contributed by atoms with Gasteiger partial charge in [-0.25, -0.2) is 4.79 Å². The van der Waals surface area contributed by atoms with E-state index in [2.05, 4.69) is 10.5 Å². The predicted molar refractivity (Wildman–Crippen MR) is 96.5 cm³/mol. The number of fused-ring (bicyclic) bond motifs is 1. The van der Waals surface area contributed by atoms with Crippen molar-refractivity contribution < 1.29 is 29.1 Å². The molecule has 2 atom stereocenters. The normalized spacial score (nSPS) is 25.6. The molecule has 1 fully saturated rings. The molecule has 12 heteroatoms. The maximum Gasteiger partial charge on any atom is 0.353 e. The third-order valence-corrected chi connectivity index (χ3v) is 6.23. The van der Waals surface area contributed by atoms with Crippen LogP contribution < -0.4 is 5.32 Å². The van der Waals surface area contributed by atoms with Crippen molar-refractivity contribution in [3.63, 3.8) is 0 Å². The highest BCUT2D eigenvalue weighted by Gasteiger charge is 2.54. The van der Waals surface area contributed by atoms with Gasteiger partial charge in [-0.2, -0.15) is 0 Å². The molecule has 0 radical (unpaired) electrons. The highest BCUT2D eigenvalue weighted by Crippen LogP contribution is 2.41. The Morgan fingerprint density at radius 3 is 2.92 bits per heavy atom. The lowest BCUT2D eigenvalue weighted by atomic mass is 10.0. The number of carboxylic acid groups (broad SMARTS) is 1. The molecule has 0 bridgehead atoms. The fourth-order valence-corrected chi connectivity index (χ4v) is 4.75. The molecule has 0 aromatic rings. The van der Waals surface area contributed by atoms with Crippen LogP contribution in [0.3, 0.4) is 0 Å². The number of β-lactam (4-membered cyclic amide) rings is 1. The van der Waals surface area contributed by atoms with E-state index < -0.39 is 29.2 Å². The van der Waals surface area contributed by atoms with Gasteiger partial charge in [0.1, 0.15) is 24.2 Å². The lowest BCUT2D eigenvalue weighted by Crippen LogP contribution is -2.71. The highest BCUT2D eigenvalue weighted by molar-refractivity contribution is 8.02. The number of carboxylic acids is 1. The molecule has 0 aromatic carbocycles. The summed E-state index contributed by atoms with van der Waals surface area (Å²) in [5.74, 6) is -1.21. The topological polar surface area (TPSA) is 118 Å². The van der Waals surface area contributed by atoms with Gasteiger partial charge in [0.25, 0.3) is 11.8 Å². The largest absolute Gasteiger partial charge is 0.490 e. The predicted octanol–water partition coefficient (Wildman–Crippen LogP) is 0.529. The zero-order valence-electron chi connectivity index (χ0n) is 13.4. The molecule has 9 nitrogen and oxygen atoms in total. The molecule has 0 spiro atoms. The second kappa shape index (κ2) is 7.80. The summed E-state index contributed by atoms with van der Waals surface area (Å²) >= 11 is 8.66. The van der Waals surface area contributed by atoms with E-state index in [1.807, 2.05) is 0 Å². The molecule has 3 heterocycles. The van der Waals surface area contributed by atoms with E-state index in [4.69, 9.17) is 21.2 Å². The minimum absolute atomic E-state index is 0.0845. The first-order valence-electron chi connectivity index (χ1n) is 7.39. The molecule has 3 aliphatic heterocycles. The summed E-state index contributed by atoms with van der Waals surface area (Å²) in [5, 5.41) is 16.7. The smallest absolute Gasteiger partial charge is 0.353 e. The van der Waals surface area contributed by atoms with Crippen molar-refractivity contribution in [1.82, 2.24) is 10.2 Å². The number of oxime groups is 1. The molecule has 3 aliphatic rings. The summed E-state index contributed by atoms with van der Waals surface area (Å²) in [6.07, 6.45) is 0. The number of nitrogens with zero attached hydrogens (tertiary/aromatic N) is 2. The number of thioether (sulfide) groups is 2. The number of amides is 2. The average Bonchev–Trinajstić information content (AvgIpc) is 2.64. The molecular weight excluding hydrogens is 406 g/mol. The highest BCUT2D eigenvalue weighted by atomic mass is 35.5. The molecule has 140 valence electrons. The summed E-state index contributed by atoms with van der Waals surface area (Å²) in [7, 11) is 1.29. The van der Waals surface area contributed by atoms with Crippen LogP contribution in [0.4, 0.5) is 0 Å². The minimum atomic E-state index is -1.28. The van der Waals surface area contributed by atoms with Crippen molar-refractivity contribution in [3.05, 3.63) is 21.9 Å². The van der Waals surface area contributed by atoms with Gasteiger partial charge in [-0.3, -0.25) is 14.5 Å². The van der Waals surface area contributed by atoms with Crippen LogP contribution >= 0.6 is 35.1 Å². The number of carbonyl (C=O) groups is 3. The zero-order valence-corrected chi connectivity index (χ0v) is 15.8. The Labute approximate surface area is 161 Å². The third-order valence-electron chi connectivity index (χ3n) is 3.69. The Hall–Kier alpha value is -1.85. The van der Waals surface area contributed by atoms with Crippen LogP contribution in [0.25, 0.3) is 0 Å². The second-order valence-corrected chi connectivity index (χ2v) is 7.78. The molecular formula is C14H14ClN3O6S2. The van der Waals surface area contributed by atoms with E-state index in [1.54, 1.807) is 5.41 Å². The number of rotatable bonds is 5.